The van der Waals surface area contributed by atoms with Gasteiger partial charge in [0.15, 0.2) is 0 Å². The molecule has 3 aromatic rings. The van der Waals surface area contributed by atoms with Crippen molar-refractivity contribution in [3.05, 3.63) is 78.0 Å². The number of amides is 1. The zero-order valence-electron chi connectivity index (χ0n) is 12.9. The minimum absolute atomic E-state index is 0.0860. The highest BCUT2D eigenvalue weighted by atomic mass is 19.4. The average Bonchev–Trinajstić information content (AvgIpc) is 2.61. The number of carbonyl (C=O) groups is 1. The molecule has 3 rings (SSSR count). The van der Waals surface area contributed by atoms with Gasteiger partial charge in [0, 0.05) is 17.3 Å². The Morgan fingerprint density at radius 3 is 2.36 bits per heavy atom. The number of pyridine rings is 1. The Labute approximate surface area is 141 Å². The van der Waals surface area contributed by atoms with Crippen LogP contribution in [0.4, 0.5) is 13.2 Å². The standard InChI is InChI=1S/C19H13F3N2O/c20-19(21,22)16-7-2-1-6-15(16)12-4-3-5-13(10-12)17-11-14(18(23)25)8-9-24-17/h1-11H,(H2,23,25). The van der Waals surface area contributed by atoms with E-state index >= 15 is 0 Å². The number of aromatic nitrogens is 1. The van der Waals surface area contributed by atoms with Crippen LogP contribution in [0.25, 0.3) is 22.4 Å². The normalized spacial score (nSPS) is 11.3. The summed E-state index contributed by atoms with van der Waals surface area (Å²) in [5.41, 5.74) is 6.39. The molecular formula is C19H13F3N2O. The van der Waals surface area contributed by atoms with Crippen LogP contribution in [0.1, 0.15) is 15.9 Å². The van der Waals surface area contributed by atoms with E-state index in [2.05, 4.69) is 4.98 Å². The Hall–Kier alpha value is -3.15. The Balaban J connectivity index is 2.10. The summed E-state index contributed by atoms with van der Waals surface area (Å²) in [6, 6.07) is 15.0. The molecule has 3 nitrogen and oxygen atoms in total. The van der Waals surface area contributed by atoms with Crippen molar-refractivity contribution in [1.29, 1.82) is 0 Å². The Morgan fingerprint density at radius 1 is 0.920 bits per heavy atom. The van der Waals surface area contributed by atoms with Gasteiger partial charge >= 0.3 is 6.18 Å². The van der Waals surface area contributed by atoms with Gasteiger partial charge in [0.2, 0.25) is 5.91 Å². The van der Waals surface area contributed by atoms with Crippen molar-refractivity contribution < 1.29 is 18.0 Å². The highest BCUT2D eigenvalue weighted by Crippen LogP contribution is 2.37. The molecule has 0 bridgehead atoms. The lowest BCUT2D eigenvalue weighted by molar-refractivity contribution is -0.137. The van der Waals surface area contributed by atoms with Crippen LogP contribution >= 0.6 is 0 Å². The molecule has 0 fully saturated rings. The first-order valence-electron chi connectivity index (χ1n) is 7.39. The zero-order chi connectivity index (χ0) is 18.0. The van der Waals surface area contributed by atoms with Crippen LogP contribution in [0.3, 0.4) is 0 Å². The maximum Gasteiger partial charge on any atom is 0.417 e. The molecule has 0 aliphatic carbocycles. The number of primary amides is 1. The van der Waals surface area contributed by atoms with Crippen LogP contribution in [-0.2, 0) is 6.18 Å². The molecule has 0 spiro atoms. The van der Waals surface area contributed by atoms with E-state index in [0.29, 0.717) is 16.8 Å². The van der Waals surface area contributed by atoms with Crippen LogP contribution in [0.2, 0.25) is 0 Å². The molecule has 1 aromatic heterocycles. The Morgan fingerprint density at radius 2 is 1.64 bits per heavy atom. The molecule has 1 heterocycles. The van der Waals surface area contributed by atoms with Crippen LogP contribution < -0.4 is 5.73 Å². The fraction of sp³-hybridized carbons (Fsp3) is 0.0526. The first-order chi connectivity index (χ1) is 11.9. The number of hydrogen-bond acceptors (Lipinski definition) is 2. The highest BCUT2D eigenvalue weighted by Gasteiger charge is 2.33. The van der Waals surface area contributed by atoms with E-state index in [1.807, 2.05) is 0 Å². The van der Waals surface area contributed by atoms with Gasteiger partial charge < -0.3 is 5.73 Å². The molecule has 0 aliphatic heterocycles. The summed E-state index contributed by atoms with van der Waals surface area (Å²) in [7, 11) is 0. The van der Waals surface area contributed by atoms with Crippen molar-refractivity contribution in [3.8, 4) is 22.4 Å². The largest absolute Gasteiger partial charge is 0.417 e. The quantitative estimate of drug-likeness (QED) is 0.760. The number of alkyl halides is 3. The van der Waals surface area contributed by atoms with E-state index in [4.69, 9.17) is 5.73 Å². The number of nitrogens with zero attached hydrogens (tertiary/aromatic N) is 1. The lowest BCUT2D eigenvalue weighted by Gasteiger charge is -2.13. The van der Waals surface area contributed by atoms with Gasteiger partial charge in [0.25, 0.3) is 0 Å². The summed E-state index contributed by atoms with van der Waals surface area (Å²) in [4.78, 5) is 15.5. The van der Waals surface area contributed by atoms with Crippen molar-refractivity contribution in [1.82, 2.24) is 4.98 Å². The number of carbonyl (C=O) groups excluding carboxylic acids is 1. The lowest BCUT2D eigenvalue weighted by atomic mass is 9.96. The van der Waals surface area contributed by atoms with Gasteiger partial charge in [-0.1, -0.05) is 36.4 Å². The van der Waals surface area contributed by atoms with Crippen molar-refractivity contribution in [3.63, 3.8) is 0 Å². The third-order valence-corrected chi connectivity index (χ3v) is 3.75. The van der Waals surface area contributed by atoms with E-state index in [1.54, 1.807) is 30.3 Å². The third kappa shape index (κ3) is 3.52. The summed E-state index contributed by atoms with van der Waals surface area (Å²) in [5, 5.41) is 0. The Bertz CT molecular complexity index is 936. The summed E-state index contributed by atoms with van der Waals surface area (Å²) in [5.74, 6) is -0.595. The molecule has 1 amide bonds. The molecule has 6 heteroatoms. The second kappa shape index (κ2) is 6.39. The van der Waals surface area contributed by atoms with Gasteiger partial charge in [-0.15, -0.1) is 0 Å². The lowest BCUT2D eigenvalue weighted by Crippen LogP contribution is -2.11. The second-order valence-electron chi connectivity index (χ2n) is 5.42. The molecule has 0 saturated heterocycles. The predicted molar refractivity (Wildman–Crippen MR) is 88.6 cm³/mol. The zero-order valence-corrected chi connectivity index (χ0v) is 12.9. The summed E-state index contributed by atoms with van der Waals surface area (Å²) in [6.45, 7) is 0. The third-order valence-electron chi connectivity index (χ3n) is 3.75. The topological polar surface area (TPSA) is 56.0 Å². The van der Waals surface area contributed by atoms with Crippen LogP contribution in [-0.4, -0.2) is 10.9 Å². The van der Waals surface area contributed by atoms with Gasteiger partial charge in [-0.25, -0.2) is 0 Å². The van der Waals surface area contributed by atoms with Gasteiger partial charge in [-0.3, -0.25) is 9.78 Å². The van der Waals surface area contributed by atoms with E-state index in [0.717, 1.165) is 6.07 Å². The number of halogens is 3. The number of nitrogens with two attached hydrogens (primary N) is 1. The fourth-order valence-corrected chi connectivity index (χ4v) is 2.57. The molecule has 25 heavy (non-hydrogen) atoms. The number of benzene rings is 2. The maximum absolute atomic E-state index is 13.2. The van der Waals surface area contributed by atoms with Crippen molar-refractivity contribution in [2.24, 2.45) is 5.73 Å². The SMILES string of the molecule is NC(=O)c1ccnc(-c2cccc(-c3ccccc3C(F)(F)F)c2)c1. The molecule has 0 atom stereocenters. The van der Waals surface area contributed by atoms with E-state index < -0.39 is 17.6 Å². The maximum atomic E-state index is 13.2. The first-order valence-corrected chi connectivity index (χ1v) is 7.39. The highest BCUT2D eigenvalue weighted by molar-refractivity contribution is 5.93. The van der Waals surface area contributed by atoms with Crippen LogP contribution in [0.5, 0.6) is 0 Å². The first kappa shape index (κ1) is 16.7. The van der Waals surface area contributed by atoms with Gasteiger partial charge in [-0.05, 0) is 35.4 Å². The van der Waals surface area contributed by atoms with E-state index in [9.17, 15) is 18.0 Å². The monoisotopic (exact) mass is 342 g/mol. The second-order valence-corrected chi connectivity index (χ2v) is 5.42. The van der Waals surface area contributed by atoms with Crippen molar-refractivity contribution in [2.75, 3.05) is 0 Å². The summed E-state index contributed by atoms with van der Waals surface area (Å²) >= 11 is 0. The molecule has 2 N–H and O–H groups in total. The molecule has 0 aliphatic rings. The molecule has 0 saturated carbocycles. The van der Waals surface area contributed by atoms with E-state index in [-0.39, 0.29) is 11.1 Å². The predicted octanol–water partition coefficient (Wildman–Crippen LogP) is 4.53. The van der Waals surface area contributed by atoms with Gasteiger partial charge in [0.05, 0.1) is 11.3 Å². The molecule has 0 radical (unpaired) electrons. The van der Waals surface area contributed by atoms with Gasteiger partial charge in [0.1, 0.15) is 0 Å². The van der Waals surface area contributed by atoms with Crippen LogP contribution in [0.15, 0.2) is 66.9 Å². The van der Waals surface area contributed by atoms with Crippen molar-refractivity contribution in [2.45, 2.75) is 6.18 Å². The smallest absolute Gasteiger partial charge is 0.366 e. The van der Waals surface area contributed by atoms with Crippen LogP contribution in [0, 0.1) is 0 Å². The molecular weight excluding hydrogens is 329 g/mol. The average molecular weight is 342 g/mol. The van der Waals surface area contributed by atoms with Crippen molar-refractivity contribution >= 4 is 5.91 Å². The fourth-order valence-electron chi connectivity index (χ4n) is 2.57. The minimum atomic E-state index is -4.45. The molecule has 2 aromatic carbocycles. The Kier molecular flexibility index (Phi) is 4.27. The summed E-state index contributed by atoms with van der Waals surface area (Å²) < 4.78 is 39.7. The molecule has 126 valence electrons. The van der Waals surface area contributed by atoms with Gasteiger partial charge in [-0.2, -0.15) is 13.2 Å². The van der Waals surface area contributed by atoms with E-state index in [1.165, 1.54) is 30.5 Å². The molecule has 0 unspecified atom stereocenters. The number of hydrogen-bond donors (Lipinski definition) is 1. The minimum Gasteiger partial charge on any atom is -0.366 e. The number of rotatable bonds is 3. The summed E-state index contributed by atoms with van der Waals surface area (Å²) in [6.07, 6.45) is -3.01.